The lowest BCUT2D eigenvalue weighted by Crippen LogP contribution is -2.06. The largest absolute Gasteiger partial charge is 0.322 e. The molecule has 0 radical (unpaired) electrons. The fourth-order valence-corrected chi connectivity index (χ4v) is 3.19. The molecule has 3 aromatic rings. The minimum absolute atomic E-state index is 0.394. The van der Waals surface area contributed by atoms with E-state index in [-0.39, 0.29) is 0 Å². The normalized spacial score (nSPS) is 11.5. The zero-order chi connectivity index (χ0) is 15.1. The van der Waals surface area contributed by atoms with E-state index in [0.717, 1.165) is 33.6 Å². The molecule has 3 rings (SSSR count). The smallest absolute Gasteiger partial charge is 0.125 e. The van der Waals surface area contributed by atoms with Crippen LogP contribution < -0.4 is 0 Å². The summed E-state index contributed by atoms with van der Waals surface area (Å²) in [7, 11) is 1.97. The van der Waals surface area contributed by atoms with E-state index in [1.807, 2.05) is 30.8 Å². The van der Waals surface area contributed by atoms with Gasteiger partial charge in [0.2, 0.25) is 0 Å². The monoisotopic (exact) mass is 366 g/mol. The maximum atomic E-state index is 6.08. The zero-order valence-corrected chi connectivity index (χ0v) is 14.5. The molecule has 0 atom stereocenters. The Morgan fingerprint density at radius 3 is 2.67 bits per heavy atom. The van der Waals surface area contributed by atoms with Gasteiger partial charge in [0.1, 0.15) is 5.82 Å². The number of aryl methyl sites for hydroxylation is 2. The molecule has 2 aromatic heterocycles. The SMILES string of the molecule is Cc1nn(C)c(C)c1Cn1c(CCl)nc2cc(Br)ccc21. The lowest BCUT2D eigenvalue weighted by molar-refractivity contribution is 0.725. The van der Waals surface area contributed by atoms with Gasteiger partial charge in [0.15, 0.2) is 0 Å². The summed E-state index contributed by atoms with van der Waals surface area (Å²) in [6.07, 6.45) is 0. The Morgan fingerprint density at radius 1 is 1.29 bits per heavy atom. The summed E-state index contributed by atoms with van der Waals surface area (Å²) >= 11 is 9.56. The molecule has 0 aliphatic heterocycles. The van der Waals surface area contributed by atoms with Crippen molar-refractivity contribution in [3.63, 3.8) is 0 Å². The Hall–Kier alpha value is -1.33. The molecule has 1 aromatic carbocycles. The molecule has 0 saturated carbocycles. The highest BCUT2D eigenvalue weighted by Gasteiger charge is 2.15. The molecule has 0 aliphatic carbocycles. The lowest BCUT2D eigenvalue weighted by Gasteiger charge is -2.08. The van der Waals surface area contributed by atoms with Crippen molar-refractivity contribution in [2.24, 2.45) is 7.05 Å². The second-order valence-corrected chi connectivity index (χ2v) is 6.34. The Kier molecular flexibility index (Phi) is 3.80. The van der Waals surface area contributed by atoms with E-state index in [1.165, 1.54) is 11.3 Å². The molecule has 0 aliphatic rings. The number of rotatable bonds is 3. The summed E-state index contributed by atoms with van der Waals surface area (Å²) < 4.78 is 5.11. The number of hydrogen-bond donors (Lipinski definition) is 0. The van der Waals surface area contributed by atoms with Gasteiger partial charge in [-0.2, -0.15) is 5.10 Å². The van der Waals surface area contributed by atoms with E-state index in [2.05, 4.69) is 43.6 Å². The minimum Gasteiger partial charge on any atom is -0.322 e. The van der Waals surface area contributed by atoms with Crippen LogP contribution >= 0.6 is 27.5 Å². The Balaban J connectivity index is 2.15. The molecular weight excluding hydrogens is 352 g/mol. The van der Waals surface area contributed by atoms with Crippen LogP contribution in [0.5, 0.6) is 0 Å². The Morgan fingerprint density at radius 2 is 2.05 bits per heavy atom. The van der Waals surface area contributed by atoms with E-state index >= 15 is 0 Å². The van der Waals surface area contributed by atoms with Gasteiger partial charge >= 0.3 is 0 Å². The van der Waals surface area contributed by atoms with E-state index in [0.29, 0.717) is 5.88 Å². The van der Waals surface area contributed by atoms with Crippen molar-refractivity contribution in [1.82, 2.24) is 19.3 Å². The Bertz CT molecular complexity index is 819. The molecule has 0 N–H and O–H groups in total. The fraction of sp³-hybridized carbons (Fsp3) is 0.333. The number of imidazole rings is 1. The number of benzene rings is 1. The van der Waals surface area contributed by atoms with E-state index in [9.17, 15) is 0 Å². The van der Waals surface area contributed by atoms with Crippen LogP contribution in [-0.4, -0.2) is 19.3 Å². The molecule has 0 amide bonds. The highest BCUT2D eigenvalue weighted by molar-refractivity contribution is 9.10. The molecular formula is C15H16BrClN4. The summed E-state index contributed by atoms with van der Waals surface area (Å²) in [4.78, 5) is 4.63. The molecule has 6 heteroatoms. The first-order valence-electron chi connectivity index (χ1n) is 6.71. The van der Waals surface area contributed by atoms with Gasteiger partial charge in [-0.25, -0.2) is 4.98 Å². The van der Waals surface area contributed by atoms with Gasteiger partial charge in [-0.05, 0) is 32.0 Å². The summed E-state index contributed by atoms with van der Waals surface area (Å²) in [6.45, 7) is 4.87. The van der Waals surface area contributed by atoms with E-state index in [1.54, 1.807) is 0 Å². The van der Waals surface area contributed by atoms with Crippen LogP contribution in [0.2, 0.25) is 0 Å². The van der Waals surface area contributed by atoms with Gasteiger partial charge in [-0.15, -0.1) is 11.6 Å². The van der Waals surface area contributed by atoms with Crippen LogP contribution in [0.15, 0.2) is 22.7 Å². The van der Waals surface area contributed by atoms with E-state index < -0.39 is 0 Å². The number of halogens is 2. The molecule has 0 unspecified atom stereocenters. The first-order valence-corrected chi connectivity index (χ1v) is 8.03. The van der Waals surface area contributed by atoms with Crippen molar-refractivity contribution in [1.29, 1.82) is 0 Å². The van der Waals surface area contributed by atoms with Gasteiger partial charge in [-0.3, -0.25) is 4.68 Å². The fourth-order valence-electron chi connectivity index (χ4n) is 2.64. The standard InChI is InChI=1S/C15H16BrClN4/c1-9-12(10(2)20(3)19-9)8-21-14-5-4-11(16)6-13(14)18-15(21)7-17/h4-6H,7-8H2,1-3H3. The van der Waals surface area contributed by atoms with Crippen molar-refractivity contribution in [3.8, 4) is 0 Å². The topological polar surface area (TPSA) is 35.6 Å². The summed E-state index contributed by atoms with van der Waals surface area (Å²) in [5.74, 6) is 1.28. The average molecular weight is 368 g/mol. The third-order valence-electron chi connectivity index (χ3n) is 3.88. The number of aromatic nitrogens is 4. The highest BCUT2D eigenvalue weighted by atomic mass is 79.9. The molecule has 110 valence electrons. The molecule has 21 heavy (non-hydrogen) atoms. The first kappa shape index (κ1) is 14.6. The number of alkyl halides is 1. The molecule has 2 heterocycles. The Labute approximate surface area is 136 Å². The van der Waals surface area contributed by atoms with Crippen LogP contribution in [-0.2, 0) is 19.5 Å². The molecule has 4 nitrogen and oxygen atoms in total. The van der Waals surface area contributed by atoms with Crippen LogP contribution in [0.3, 0.4) is 0 Å². The van der Waals surface area contributed by atoms with Gasteiger partial charge in [0, 0.05) is 22.8 Å². The number of hydrogen-bond acceptors (Lipinski definition) is 2. The number of fused-ring (bicyclic) bond motifs is 1. The minimum atomic E-state index is 0.394. The van der Waals surface area contributed by atoms with Crippen molar-refractivity contribution < 1.29 is 0 Å². The summed E-state index contributed by atoms with van der Waals surface area (Å²) in [5.41, 5.74) is 5.50. The molecule has 0 fully saturated rings. The quantitative estimate of drug-likeness (QED) is 0.657. The first-order chi connectivity index (χ1) is 10.0. The zero-order valence-electron chi connectivity index (χ0n) is 12.2. The lowest BCUT2D eigenvalue weighted by atomic mass is 10.2. The van der Waals surface area contributed by atoms with E-state index in [4.69, 9.17) is 11.6 Å². The second kappa shape index (κ2) is 5.46. The third-order valence-corrected chi connectivity index (χ3v) is 4.62. The number of nitrogens with zero attached hydrogens (tertiary/aromatic N) is 4. The van der Waals surface area contributed by atoms with Gasteiger partial charge in [0.05, 0.1) is 29.2 Å². The summed E-state index contributed by atoms with van der Waals surface area (Å²) in [5, 5.41) is 4.48. The second-order valence-electron chi connectivity index (χ2n) is 5.15. The van der Waals surface area contributed by atoms with Gasteiger partial charge in [0.25, 0.3) is 0 Å². The van der Waals surface area contributed by atoms with Gasteiger partial charge < -0.3 is 4.57 Å². The van der Waals surface area contributed by atoms with Crippen LogP contribution in [0, 0.1) is 13.8 Å². The maximum absolute atomic E-state index is 6.08. The van der Waals surface area contributed by atoms with Crippen molar-refractivity contribution >= 4 is 38.6 Å². The predicted molar refractivity (Wildman–Crippen MR) is 88.8 cm³/mol. The predicted octanol–water partition coefficient (Wildman–Crippen LogP) is 3.94. The molecule has 0 bridgehead atoms. The van der Waals surface area contributed by atoms with Crippen molar-refractivity contribution in [3.05, 3.63) is 45.4 Å². The van der Waals surface area contributed by atoms with Crippen LogP contribution in [0.1, 0.15) is 22.8 Å². The van der Waals surface area contributed by atoms with Crippen LogP contribution in [0.4, 0.5) is 0 Å². The van der Waals surface area contributed by atoms with Crippen molar-refractivity contribution in [2.45, 2.75) is 26.3 Å². The molecule has 0 spiro atoms. The third kappa shape index (κ3) is 2.49. The van der Waals surface area contributed by atoms with Gasteiger partial charge in [-0.1, -0.05) is 15.9 Å². The van der Waals surface area contributed by atoms with Crippen LogP contribution in [0.25, 0.3) is 11.0 Å². The molecule has 0 saturated heterocycles. The average Bonchev–Trinajstić information content (AvgIpc) is 2.91. The highest BCUT2D eigenvalue weighted by Crippen LogP contribution is 2.24. The summed E-state index contributed by atoms with van der Waals surface area (Å²) in [6, 6.07) is 6.12. The maximum Gasteiger partial charge on any atom is 0.125 e. The van der Waals surface area contributed by atoms with Crippen molar-refractivity contribution in [2.75, 3.05) is 0 Å².